The van der Waals surface area contributed by atoms with Crippen LogP contribution in [-0.4, -0.2) is 48.8 Å². The molecular weight excluding hydrogens is 436 g/mol. The van der Waals surface area contributed by atoms with Crippen LogP contribution in [0.4, 0.5) is 13.2 Å². The molecule has 0 radical (unpaired) electrons. The van der Waals surface area contributed by atoms with Gasteiger partial charge in [0.15, 0.2) is 0 Å². The minimum atomic E-state index is -5.75. The summed E-state index contributed by atoms with van der Waals surface area (Å²) in [6, 6.07) is -0.357. The molecule has 0 aromatic heterocycles. The van der Waals surface area contributed by atoms with E-state index in [4.69, 9.17) is 16.3 Å². The summed E-state index contributed by atoms with van der Waals surface area (Å²) in [6.45, 7) is 1.70. The number of rotatable bonds is 13. The van der Waals surface area contributed by atoms with Crippen molar-refractivity contribution in [2.24, 2.45) is 0 Å². The Bertz CT molecular complexity index is 644. The minimum Gasteiger partial charge on any atom is -0.409 e. The van der Waals surface area contributed by atoms with E-state index >= 15 is 0 Å². The van der Waals surface area contributed by atoms with Crippen LogP contribution in [0.2, 0.25) is 0 Å². The molecule has 0 aliphatic heterocycles. The Balaban J connectivity index is 5.71. The lowest BCUT2D eigenvalue weighted by atomic mass is 10.1. The molecule has 0 aliphatic carbocycles. The molecule has 2 atom stereocenters. The Hall–Kier alpha value is -0.220. The lowest BCUT2D eigenvalue weighted by molar-refractivity contribution is -0.134. The molecule has 6 nitrogen and oxygen atoms in total. The van der Waals surface area contributed by atoms with Gasteiger partial charge in [0.05, 0.1) is 0 Å². The number of nitrogens with zero attached hydrogens (tertiary/aromatic N) is 2. The van der Waals surface area contributed by atoms with Crippen LogP contribution in [0.15, 0.2) is 0 Å². The van der Waals surface area contributed by atoms with Gasteiger partial charge >= 0.3 is 21.5 Å². The zero-order chi connectivity index (χ0) is 22.2. The molecule has 2 unspecified atom stereocenters. The highest BCUT2D eigenvalue weighted by molar-refractivity contribution is 8.14. The summed E-state index contributed by atoms with van der Waals surface area (Å²) < 4.78 is 69.8. The minimum absolute atomic E-state index is 0.0184. The third-order valence-electron chi connectivity index (χ3n) is 4.46. The summed E-state index contributed by atoms with van der Waals surface area (Å²) in [4.78, 5) is 12.3. The second kappa shape index (κ2) is 11.8. The summed E-state index contributed by atoms with van der Waals surface area (Å²) in [5.41, 5.74) is -5.53. The second-order valence-electron chi connectivity index (χ2n) is 6.71. The van der Waals surface area contributed by atoms with Crippen molar-refractivity contribution in [1.82, 2.24) is 8.75 Å². The van der Waals surface area contributed by atoms with Gasteiger partial charge in [-0.2, -0.15) is 13.2 Å². The van der Waals surface area contributed by atoms with Crippen LogP contribution in [-0.2, 0) is 31.1 Å². The zero-order valence-electron chi connectivity index (χ0n) is 17.2. The van der Waals surface area contributed by atoms with Crippen LogP contribution in [0.1, 0.15) is 72.1 Å². The molecular formula is C16H32F3N2O4PS2. The summed E-state index contributed by atoms with van der Waals surface area (Å²) in [6.07, 6.45) is 5.35. The van der Waals surface area contributed by atoms with Crippen molar-refractivity contribution in [3.05, 3.63) is 0 Å². The fourth-order valence-electron chi connectivity index (χ4n) is 2.42. The lowest BCUT2D eigenvalue weighted by Crippen LogP contribution is -2.42. The summed E-state index contributed by atoms with van der Waals surface area (Å²) >= 11 is 5.31. The molecule has 0 saturated heterocycles. The van der Waals surface area contributed by atoms with Gasteiger partial charge < -0.3 is 4.52 Å². The van der Waals surface area contributed by atoms with Crippen molar-refractivity contribution in [3.63, 3.8) is 0 Å². The highest BCUT2D eigenvalue weighted by Gasteiger charge is 2.55. The molecule has 12 heteroatoms. The molecule has 0 aromatic carbocycles. The highest BCUT2D eigenvalue weighted by Crippen LogP contribution is 2.57. The smallest absolute Gasteiger partial charge is 0.409 e. The number of carbonyl (C=O) groups is 1. The van der Waals surface area contributed by atoms with E-state index in [0.717, 1.165) is 39.2 Å². The molecule has 0 N–H and O–H groups in total. The van der Waals surface area contributed by atoms with Gasteiger partial charge in [0.25, 0.3) is 6.57 Å². The van der Waals surface area contributed by atoms with Crippen molar-refractivity contribution in [1.29, 1.82) is 0 Å². The van der Waals surface area contributed by atoms with Crippen LogP contribution in [0.3, 0.4) is 0 Å². The van der Waals surface area contributed by atoms with Crippen LogP contribution in [0.5, 0.6) is 0 Å². The third-order valence-corrected chi connectivity index (χ3v) is 11.4. The first-order chi connectivity index (χ1) is 12.8. The number of sulfonamides is 1. The average Bonchev–Trinajstić information content (AvgIpc) is 2.60. The van der Waals surface area contributed by atoms with Crippen LogP contribution < -0.4 is 0 Å². The van der Waals surface area contributed by atoms with Gasteiger partial charge in [-0.15, -0.1) is 4.08 Å². The van der Waals surface area contributed by atoms with Gasteiger partial charge in [-0.25, -0.2) is 13.1 Å². The second-order valence-corrected chi connectivity index (χ2v) is 12.8. The van der Waals surface area contributed by atoms with E-state index in [1.165, 1.54) is 11.7 Å². The first-order valence-electron chi connectivity index (χ1n) is 9.37. The Morgan fingerprint density at radius 3 is 2.11 bits per heavy atom. The molecule has 0 saturated carbocycles. The van der Waals surface area contributed by atoms with E-state index in [9.17, 15) is 26.4 Å². The first kappa shape index (κ1) is 27.8. The van der Waals surface area contributed by atoms with Crippen molar-refractivity contribution >= 4 is 34.4 Å². The Morgan fingerprint density at radius 1 is 1.11 bits per heavy atom. The van der Waals surface area contributed by atoms with Crippen molar-refractivity contribution < 1.29 is 30.9 Å². The fourth-order valence-corrected chi connectivity index (χ4v) is 7.66. The quantitative estimate of drug-likeness (QED) is 0.279. The van der Waals surface area contributed by atoms with E-state index in [-0.39, 0.29) is 16.5 Å². The number of carbonyl (C=O) groups excluding carboxylic acids is 1. The molecule has 28 heavy (non-hydrogen) atoms. The van der Waals surface area contributed by atoms with Gasteiger partial charge in [0.2, 0.25) is 0 Å². The molecule has 0 rings (SSSR count). The highest BCUT2D eigenvalue weighted by atomic mass is 32.5. The number of hydrogen-bond donors (Lipinski definition) is 0. The topological polar surface area (TPSA) is 66.9 Å². The average molecular weight is 469 g/mol. The van der Waals surface area contributed by atoms with Crippen LogP contribution >= 0.6 is 6.57 Å². The summed E-state index contributed by atoms with van der Waals surface area (Å²) in [5, 5.41) is 0. The first-order valence-corrected chi connectivity index (χ1v) is 13.4. The number of halogens is 3. The Kier molecular flexibility index (Phi) is 11.7. The van der Waals surface area contributed by atoms with Crippen molar-refractivity contribution in [3.8, 4) is 0 Å². The normalized spacial score (nSPS) is 16.2. The van der Waals surface area contributed by atoms with Crippen LogP contribution in [0.25, 0.3) is 0 Å². The Labute approximate surface area is 172 Å². The van der Waals surface area contributed by atoms with E-state index < -0.39 is 28.1 Å². The van der Waals surface area contributed by atoms with Gasteiger partial charge in [-0.3, -0.25) is 4.79 Å². The summed E-state index contributed by atoms with van der Waals surface area (Å²) in [5.74, 6) is -0.779. The predicted molar refractivity (Wildman–Crippen MR) is 109 cm³/mol. The van der Waals surface area contributed by atoms with Gasteiger partial charge in [-0.1, -0.05) is 46.0 Å². The van der Waals surface area contributed by atoms with Gasteiger partial charge in [0.1, 0.15) is 0 Å². The number of unbranched alkanes of at least 4 members (excludes halogenated alkanes) is 4. The maximum absolute atomic E-state index is 13.1. The number of alkyl halides is 3. The van der Waals surface area contributed by atoms with Crippen molar-refractivity contribution in [2.75, 3.05) is 14.1 Å². The molecule has 0 fully saturated rings. The molecule has 0 bridgehead atoms. The lowest BCUT2D eigenvalue weighted by Gasteiger charge is -2.39. The van der Waals surface area contributed by atoms with E-state index in [1.54, 1.807) is 6.92 Å². The third kappa shape index (κ3) is 7.55. The maximum Gasteiger partial charge on any atom is 0.512 e. The molecule has 0 amide bonds. The van der Waals surface area contributed by atoms with E-state index in [1.807, 2.05) is 13.8 Å². The number of hydrogen-bond acceptors (Lipinski definition) is 5. The molecule has 0 heterocycles. The fraction of sp³-hybridized carbons (Fsp3) is 0.938. The molecule has 168 valence electrons. The Morgan fingerprint density at radius 2 is 1.64 bits per heavy atom. The maximum atomic E-state index is 13.1. The molecule has 0 aliphatic rings. The van der Waals surface area contributed by atoms with E-state index in [0.29, 0.717) is 12.8 Å². The largest absolute Gasteiger partial charge is 0.512 e. The monoisotopic (exact) mass is 468 g/mol. The molecule has 0 aromatic rings. The summed E-state index contributed by atoms with van der Waals surface area (Å²) in [7, 11) is -3.60. The molecule has 0 spiro atoms. The van der Waals surface area contributed by atoms with Crippen molar-refractivity contribution in [2.45, 2.75) is 83.7 Å². The predicted octanol–water partition coefficient (Wildman–Crippen LogP) is 5.02. The van der Waals surface area contributed by atoms with Gasteiger partial charge in [0, 0.05) is 19.5 Å². The SMILES string of the molecule is CCCCCCC(=O)OP(=S)(N(C)C(C)CCCC)N(C)S(=O)(=O)C(F)(F)F. The zero-order valence-corrected chi connectivity index (χ0v) is 19.7. The standard InChI is InChI=1S/C16H32F3N2O4PS2/c1-6-8-10-11-13-15(22)25-26(27,20(4)14(3)12-9-7-2)21(5)28(23,24)16(17,18)19/h14H,6-13H2,1-5H3. The van der Waals surface area contributed by atoms with Gasteiger partial charge in [-0.05, 0) is 38.6 Å². The van der Waals surface area contributed by atoms with Crippen LogP contribution in [0, 0.1) is 0 Å². The van der Waals surface area contributed by atoms with E-state index in [2.05, 4.69) is 0 Å².